The SMILES string of the molecule is Cc1ccc2c(c1)CCC[C@]21COc2ccc3cc2N(C[C@@H]2CC[C@H]2[C@@H](O)/C=C/C[C@H](C)[C@@H](C)S(=O)(NC(=O)c2cc4n(c2)C[C@H](CN2CCOCC2)OC4)=NC3=O)C1. The number of aliphatic hydroxyl groups is 1. The fraction of sp³-hybridized carbons (Fsp3) is 0.565. The van der Waals surface area contributed by atoms with Crippen molar-refractivity contribution in [3.8, 4) is 5.75 Å². The van der Waals surface area contributed by atoms with Crippen LogP contribution in [0.15, 0.2) is 65.2 Å². The molecule has 12 nitrogen and oxygen atoms in total. The zero-order valence-electron chi connectivity index (χ0n) is 34.6. The van der Waals surface area contributed by atoms with Crippen molar-refractivity contribution >= 4 is 27.4 Å². The second kappa shape index (κ2) is 16.5. The van der Waals surface area contributed by atoms with Gasteiger partial charge in [-0.3, -0.25) is 19.2 Å². The number of aryl methyl sites for hydroxylation is 2. The number of nitrogens with zero attached hydrogens (tertiary/aromatic N) is 4. The predicted molar refractivity (Wildman–Crippen MR) is 227 cm³/mol. The van der Waals surface area contributed by atoms with Crippen molar-refractivity contribution in [1.29, 1.82) is 0 Å². The number of carbonyl (C=O) groups excluding carboxylic acids is 2. The Hall–Kier alpha value is -4.01. The Balaban J connectivity index is 1.04. The number of aliphatic hydroxyl groups excluding tert-OH is 1. The molecule has 1 spiro atoms. The molecular weight excluding hydrogens is 767 g/mol. The highest BCUT2D eigenvalue weighted by atomic mass is 32.2. The first-order chi connectivity index (χ1) is 28.5. The predicted octanol–water partition coefficient (Wildman–Crippen LogP) is 5.83. The maximum absolute atomic E-state index is 15.2. The molecule has 0 radical (unpaired) electrons. The molecule has 4 aliphatic heterocycles. The number of amides is 2. The van der Waals surface area contributed by atoms with Crippen molar-refractivity contribution in [2.45, 2.75) is 95.3 Å². The lowest BCUT2D eigenvalue weighted by molar-refractivity contribution is -0.0376. The summed E-state index contributed by atoms with van der Waals surface area (Å²) >= 11 is 0. The van der Waals surface area contributed by atoms with Gasteiger partial charge in [-0.15, -0.1) is 4.36 Å². The highest BCUT2D eigenvalue weighted by molar-refractivity contribution is 7.93. The lowest BCUT2D eigenvalue weighted by Gasteiger charge is -2.45. The largest absolute Gasteiger partial charge is 0.490 e. The number of anilines is 1. The highest BCUT2D eigenvalue weighted by Gasteiger charge is 2.44. The molecule has 3 aromatic rings. The third kappa shape index (κ3) is 8.13. The van der Waals surface area contributed by atoms with Gasteiger partial charge < -0.3 is 28.8 Å². The van der Waals surface area contributed by atoms with Crippen LogP contribution in [0.25, 0.3) is 0 Å². The fourth-order valence-corrected chi connectivity index (χ4v) is 12.1. The summed E-state index contributed by atoms with van der Waals surface area (Å²) in [5, 5.41) is 10.8. The number of fused-ring (bicyclic) bond motifs is 5. The molecule has 9 rings (SSSR count). The Labute approximate surface area is 348 Å². The van der Waals surface area contributed by atoms with Crippen molar-refractivity contribution in [1.82, 2.24) is 14.2 Å². The Kier molecular flexibility index (Phi) is 11.3. The monoisotopic (exact) mass is 825 g/mol. The average Bonchev–Trinajstić information content (AvgIpc) is 3.58. The van der Waals surface area contributed by atoms with Crippen LogP contribution in [0.4, 0.5) is 5.69 Å². The number of carbonyl (C=O) groups is 2. The van der Waals surface area contributed by atoms with Gasteiger partial charge in [-0.25, -0.2) is 4.21 Å². The van der Waals surface area contributed by atoms with Gasteiger partial charge in [0.2, 0.25) is 0 Å². The van der Waals surface area contributed by atoms with Gasteiger partial charge in [-0.1, -0.05) is 42.8 Å². The van der Waals surface area contributed by atoms with Crippen LogP contribution in [0.3, 0.4) is 0 Å². The van der Waals surface area contributed by atoms with E-state index in [9.17, 15) is 14.7 Å². The Morgan fingerprint density at radius 1 is 1.08 bits per heavy atom. The number of benzene rings is 2. The van der Waals surface area contributed by atoms with E-state index in [-0.39, 0.29) is 34.8 Å². The molecule has 2 bridgehead atoms. The number of allylic oxidation sites excluding steroid dienone is 1. The van der Waals surface area contributed by atoms with E-state index < -0.39 is 33.1 Å². The van der Waals surface area contributed by atoms with E-state index in [0.29, 0.717) is 63.8 Å². The molecule has 6 aliphatic rings. The van der Waals surface area contributed by atoms with Gasteiger partial charge in [0.25, 0.3) is 11.8 Å². The topological polar surface area (TPSA) is 135 Å². The number of rotatable bonds is 4. The summed E-state index contributed by atoms with van der Waals surface area (Å²) in [5.41, 5.74) is 6.00. The van der Waals surface area contributed by atoms with E-state index in [1.807, 2.05) is 35.8 Å². The van der Waals surface area contributed by atoms with Gasteiger partial charge in [-0.05, 0) is 106 Å². The van der Waals surface area contributed by atoms with E-state index in [4.69, 9.17) is 14.2 Å². The quantitative estimate of drug-likeness (QED) is 0.312. The molecule has 2 aromatic carbocycles. The van der Waals surface area contributed by atoms with E-state index in [1.54, 1.807) is 25.3 Å². The van der Waals surface area contributed by atoms with Gasteiger partial charge in [0, 0.05) is 62.1 Å². The molecule has 5 heterocycles. The third-order valence-electron chi connectivity index (χ3n) is 14.1. The van der Waals surface area contributed by atoms with E-state index >= 15 is 4.21 Å². The Morgan fingerprint density at radius 3 is 2.75 bits per heavy atom. The van der Waals surface area contributed by atoms with Crippen LogP contribution in [0.5, 0.6) is 5.75 Å². The van der Waals surface area contributed by atoms with Crippen molar-refractivity contribution in [2.75, 3.05) is 57.4 Å². The van der Waals surface area contributed by atoms with E-state index in [2.05, 4.69) is 44.0 Å². The zero-order chi connectivity index (χ0) is 40.9. The van der Waals surface area contributed by atoms with Crippen molar-refractivity contribution < 1.29 is 33.1 Å². The number of hydrogen-bond donors (Lipinski definition) is 2. The van der Waals surface area contributed by atoms with Gasteiger partial charge in [0.1, 0.15) is 15.7 Å². The molecule has 1 saturated carbocycles. The van der Waals surface area contributed by atoms with Crippen LogP contribution >= 0.6 is 0 Å². The first-order valence-electron chi connectivity index (χ1n) is 21.7. The molecule has 1 aromatic heterocycles. The fourth-order valence-electron chi connectivity index (χ4n) is 10.2. The molecule has 2 N–H and O–H groups in total. The molecule has 1 unspecified atom stereocenters. The van der Waals surface area contributed by atoms with Crippen LogP contribution in [0.2, 0.25) is 0 Å². The van der Waals surface area contributed by atoms with Gasteiger partial charge in [0.05, 0.1) is 55.1 Å². The number of ether oxygens (including phenoxy) is 3. The molecule has 8 atom stereocenters. The normalized spacial score (nSPS) is 32.9. The first-order valence-corrected chi connectivity index (χ1v) is 23.2. The average molecular weight is 826 g/mol. The zero-order valence-corrected chi connectivity index (χ0v) is 35.5. The molecule has 2 aliphatic carbocycles. The second-order valence-corrected chi connectivity index (χ2v) is 20.4. The number of morpholine rings is 1. The smallest absolute Gasteiger partial charge is 0.286 e. The van der Waals surface area contributed by atoms with Crippen LogP contribution in [-0.2, 0) is 44.4 Å². The van der Waals surface area contributed by atoms with Crippen LogP contribution in [-0.4, -0.2) is 101 Å². The molecule has 2 amide bonds. The maximum atomic E-state index is 15.2. The summed E-state index contributed by atoms with van der Waals surface area (Å²) in [5.74, 6) is -0.372. The van der Waals surface area contributed by atoms with E-state index in [0.717, 1.165) is 63.1 Å². The van der Waals surface area contributed by atoms with Crippen LogP contribution in [0, 0.1) is 24.7 Å². The minimum absolute atomic E-state index is 0.0285. The van der Waals surface area contributed by atoms with Crippen LogP contribution < -0.4 is 14.4 Å². The molecule has 316 valence electrons. The summed E-state index contributed by atoms with van der Waals surface area (Å²) < 4.78 is 42.8. The summed E-state index contributed by atoms with van der Waals surface area (Å²) in [7, 11) is -3.67. The van der Waals surface area contributed by atoms with Gasteiger partial charge in [-0.2, -0.15) is 0 Å². The van der Waals surface area contributed by atoms with Gasteiger partial charge >= 0.3 is 0 Å². The van der Waals surface area contributed by atoms with Crippen molar-refractivity contribution in [3.63, 3.8) is 0 Å². The lowest BCUT2D eigenvalue weighted by Crippen LogP contribution is -2.49. The first kappa shape index (κ1) is 40.4. The van der Waals surface area contributed by atoms with Crippen LogP contribution in [0.1, 0.15) is 89.1 Å². The highest BCUT2D eigenvalue weighted by Crippen LogP contribution is 2.46. The molecule has 59 heavy (non-hydrogen) atoms. The Morgan fingerprint density at radius 2 is 1.93 bits per heavy atom. The number of aromatic nitrogens is 1. The summed E-state index contributed by atoms with van der Waals surface area (Å²) in [6, 6.07) is 13.9. The molecule has 13 heteroatoms. The third-order valence-corrected chi connectivity index (χ3v) is 16.5. The summed E-state index contributed by atoms with van der Waals surface area (Å²) in [6.07, 6.45) is 10.5. The van der Waals surface area contributed by atoms with Crippen molar-refractivity contribution in [3.05, 3.63) is 94.3 Å². The lowest BCUT2D eigenvalue weighted by atomic mass is 9.68. The standard InChI is InChI=1S/C46H59N5O7S/c1-30-9-13-40-33(20-30)7-5-15-46(40)28-51-23-35-10-12-39(35)42(52)8-4-6-31(2)32(3)59(55,47-44(53)34-11-14-43(58-29-46)41(51)22-34)48-45(54)36-21-37-27-57-38(26-50(37)24-36)25-49-16-18-56-19-17-49/h4,8-9,11,13-14,20-22,24,31-32,35,38-39,42,52H,5-7,10,12,15-19,23,25-29H2,1-3H3,(H,47,48,53,54,55)/b8-4+/t31-,32+,35-,38-,39+,42-,46-,59?/m0/s1. The minimum Gasteiger partial charge on any atom is -0.490 e. The minimum atomic E-state index is -3.67. The Bertz CT molecular complexity index is 2240. The molecule has 1 saturated heterocycles. The number of hydrogen-bond acceptors (Lipinski definition) is 9. The molecule has 2 fully saturated rings. The van der Waals surface area contributed by atoms with E-state index in [1.165, 1.54) is 16.7 Å². The summed E-state index contributed by atoms with van der Waals surface area (Å²) in [6.45, 7) is 12.7. The second-order valence-electron chi connectivity index (χ2n) is 18.1. The maximum Gasteiger partial charge on any atom is 0.286 e. The molecular formula is C46H59N5O7S. The summed E-state index contributed by atoms with van der Waals surface area (Å²) in [4.78, 5) is 33.1. The van der Waals surface area contributed by atoms with Gasteiger partial charge in [0.15, 0.2) is 0 Å². The van der Waals surface area contributed by atoms with Crippen molar-refractivity contribution in [2.24, 2.45) is 22.1 Å². The number of nitrogens with one attached hydrogen (secondary N) is 1.